The summed E-state index contributed by atoms with van der Waals surface area (Å²) in [5.41, 5.74) is 5.51. The fourth-order valence-electron chi connectivity index (χ4n) is 0.985. The molecule has 0 aromatic heterocycles. The average Bonchev–Trinajstić information content (AvgIpc) is 2.31. The molecule has 62 valence electrons. The molecule has 0 radical (unpaired) electrons. The zero-order chi connectivity index (χ0) is 8.43. The zero-order valence-electron chi connectivity index (χ0n) is 6.66. The Bertz CT molecular complexity index is 201. The van der Waals surface area contributed by atoms with Crippen LogP contribution in [-0.2, 0) is 0 Å². The van der Waals surface area contributed by atoms with Crippen molar-refractivity contribution in [2.24, 2.45) is 10.7 Å². The topological polar surface area (TPSA) is 70.7 Å². The van der Waals surface area contributed by atoms with Gasteiger partial charge in [-0.05, 0) is 0 Å². The Morgan fingerprint density at radius 2 is 2.55 bits per heavy atom. The summed E-state index contributed by atoms with van der Waals surface area (Å²) in [5.74, 6) is 0.475. The normalized spacial score (nSPS) is 25.6. The predicted octanol–water partition coefficient (Wildman–Crippen LogP) is -1.00. The number of aliphatic imine (C=N–C) groups is 1. The summed E-state index contributed by atoms with van der Waals surface area (Å²) >= 11 is 0. The predicted molar refractivity (Wildman–Crippen MR) is 42.5 cm³/mol. The molecule has 1 rings (SSSR count). The molecule has 5 nitrogen and oxygen atoms in total. The monoisotopic (exact) mass is 156 g/mol. The van der Waals surface area contributed by atoms with Crippen LogP contribution in [0.15, 0.2) is 4.99 Å². The van der Waals surface area contributed by atoms with E-state index in [1.807, 2.05) is 0 Å². The van der Waals surface area contributed by atoms with Crippen molar-refractivity contribution in [2.75, 3.05) is 20.6 Å². The third-order valence-electron chi connectivity index (χ3n) is 1.72. The first-order chi connectivity index (χ1) is 5.15. The molecule has 2 amide bonds. The van der Waals surface area contributed by atoms with E-state index in [4.69, 9.17) is 5.73 Å². The molecule has 1 atom stereocenters. The molecule has 3 N–H and O–H groups in total. The van der Waals surface area contributed by atoms with Gasteiger partial charge < -0.3 is 16.0 Å². The number of nitrogens with one attached hydrogen (secondary N) is 1. The fraction of sp³-hybridized carbons (Fsp3) is 0.667. The van der Waals surface area contributed by atoms with Crippen LogP contribution in [0.1, 0.15) is 0 Å². The summed E-state index contributed by atoms with van der Waals surface area (Å²) in [7, 11) is 3.33. The molecule has 0 aliphatic carbocycles. The van der Waals surface area contributed by atoms with Crippen molar-refractivity contribution >= 4 is 11.9 Å². The minimum Gasteiger partial charge on any atom is -0.386 e. The van der Waals surface area contributed by atoms with E-state index in [1.54, 1.807) is 19.0 Å². The molecule has 1 aliphatic heterocycles. The van der Waals surface area contributed by atoms with Crippen molar-refractivity contribution in [3.63, 3.8) is 0 Å². The molecule has 0 saturated carbocycles. The number of hydrogen-bond acceptors (Lipinski definition) is 2. The Kier molecular flexibility index (Phi) is 1.98. The lowest BCUT2D eigenvalue weighted by atomic mass is 10.3. The largest absolute Gasteiger partial charge is 0.386 e. The molecule has 0 aromatic rings. The third-order valence-corrected chi connectivity index (χ3v) is 1.72. The second-order valence-corrected chi connectivity index (χ2v) is 2.53. The highest BCUT2D eigenvalue weighted by atomic mass is 16.2. The molecule has 1 heterocycles. The Balaban J connectivity index is 2.60. The summed E-state index contributed by atoms with van der Waals surface area (Å²) in [5, 5.41) is 2.69. The molecule has 0 spiro atoms. The van der Waals surface area contributed by atoms with Gasteiger partial charge in [-0.3, -0.25) is 4.99 Å². The molecule has 1 aliphatic rings. The number of urea groups is 1. The Labute approximate surface area is 65.3 Å². The number of rotatable bonds is 1. The number of likely N-dealkylation sites (N-methyl/N-ethyl adjacent to an activating group) is 1. The van der Waals surface area contributed by atoms with Crippen molar-refractivity contribution in [1.82, 2.24) is 10.2 Å². The number of amidine groups is 1. The van der Waals surface area contributed by atoms with Crippen LogP contribution in [-0.4, -0.2) is 43.4 Å². The quantitative estimate of drug-likeness (QED) is 0.377. The van der Waals surface area contributed by atoms with Crippen molar-refractivity contribution in [3.8, 4) is 0 Å². The van der Waals surface area contributed by atoms with Crippen LogP contribution in [0.25, 0.3) is 0 Å². The lowest BCUT2D eigenvalue weighted by Gasteiger charge is -2.06. The van der Waals surface area contributed by atoms with E-state index < -0.39 is 0 Å². The number of carbonyl (C=O) groups excluding carboxylic acids is 1. The SMILES string of the molecule is CN=C(N)[C@@H]1CN(C)C(=O)N1. The molecular weight excluding hydrogens is 144 g/mol. The minimum absolute atomic E-state index is 0.0957. The number of amides is 2. The van der Waals surface area contributed by atoms with Crippen molar-refractivity contribution in [2.45, 2.75) is 6.04 Å². The zero-order valence-corrected chi connectivity index (χ0v) is 6.66. The van der Waals surface area contributed by atoms with Crippen molar-refractivity contribution < 1.29 is 4.79 Å². The maximum atomic E-state index is 10.9. The molecule has 1 saturated heterocycles. The third kappa shape index (κ3) is 1.42. The van der Waals surface area contributed by atoms with Gasteiger partial charge in [0.05, 0.1) is 0 Å². The van der Waals surface area contributed by atoms with Gasteiger partial charge in [0, 0.05) is 20.6 Å². The van der Waals surface area contributed by atoms with Gasteiger partial charge in [-0.15, -0.1) is 0 Å². The first-order valence-corrected chi connectivity index (χ1v) is 3.39. The van der Waals surface area contributed by atoms with E-state index in [1.165, 1.54) is 0 Å². The highest BCUT2D eigenvalue weighted by molar-refractivity contribution is 5.92. The van der Waals surface area contributed by atoms with E-state index in [2.05, 4.69) is 10.3 Å². The number of nitrogens with two attached hydrogens (primary N) is 1. The standard InChI is InChI=1S/C6H12N4O/c1-8-5(7)4-3-10(2)6(11)9-4/h4H,3H2,1-2H3,(H2,7,8)(H,9,11)/t4-/m0/s1. The van der Waals surface area contributed by atoms with Crippen LogP contribution in [0.4, 0.5) is 4.79 Å². The van der Waals surface area contributed by atoms with Gasteiger partial charge in [-0.25, -0.2) is 4.79 Å². The molecule has 11 heavy (non-hydrogen) atoms. The van der Waals surface area contributed by atoms with Crippen LogP contribution in [0.5, 0.6) is 0 Å². The maximum absolute atomic E-state index is 10.9. The Morgan fingerprint density at radius 3 is 2.91 bits per heavy atom. The molecular formula is C6H12N4O. The summed E-state index contributed by atoms with van der Waals surface area (Å²) in [6.45, 7) is 0.599. The van der Waals surface area contributed by atoms with E-state index in [9.17, 15) is 4.79 Å². The van der Waals surface area contributed by atoms with Gasteiger partial charge in [0.15, 0.2) is 0 Å². The molecule has 0 aromatic carbocycles. The van der Waals surface area contributed by atoms with Crippen molar-refractivity contribution in [3.05, 3.63) is 0 Å². The van der Waals surface area contributed by atoms with Crippen LogP contribution < -0.4 is 11.1 Å². The van der Waals surface area contributed by atoms with E-state index in [-0.39, 0.29) is 12.1 Å². The van der Waals surface area contributed by atoms with E-state index in [0.29, 0.717) is 12.4 Å². The van der Waals surface area contributed by atoms with Gasteiger partial charge in [0.1, 0.15) is 11.9 Å². The van der Waals surface area contributed by atoms with Crippen LogP contribution in [0, 0.1) is 0 Å². The summed E-state index contributed by atoms with van der Waals surface area (Å²) < 4.78 is 0. The maximum Gasteiger partial charge on any atom is 0.317 e. The smallest absolute Gasteiger partial charge is 0.317 e. The first kappa shape index (κ1) is 7.84. The lowest BCUT2D eigenvalue weighted by molar-refractivity contribution is 0.226. The summed E-state index contributed by atoms with van der Waals surface area (Å²) in [4.78, 5) is 16.3. The Morgan fingerprint density at radius 1 is 1.91 bits per heavy atom. The average molecular weight is 156 g/mol. The fourth-order valence-corrected chi connectivity index (χ4v) is 0.985. The summed E-state index contributed by atoms with van der Waals surface area (Å²) in [6.07, 6.45) is 0. The molecule has 5 heteroatoms. The second-order valence-electron chi connectivity index (χ2n) is 2.53. The number of carbonyl (C=O) groups is 1. The van der Waals surface area contributed by atoms with Gasteiger partial charge in [0.2, 0.25) is 0 Å². The molecule has 0 bridgehead atoms. The van der Waals surface area contributed by atoms with E-state index in [0.717, 1.165) is 0 Å². The number of hydrogen-bond donors (Lipinski definition) is 2. The molecule has 1 fully saturated rings. The Hall–Kier alpha value is -1.26. The number of nitrogens with zero attached hydrogens (tertiary/aromatic N) is 2. The lowest BCUT2D eigenvalue weighted by Crippen LogP contribution is -2.39. The van der Waals surface area contributed by atoms with Gasteiger partial charge >= 0.3 is 6.03 Å². The first-order valence-electron chi connectivity index (χ1n) is 3.39. The minimum atomic E-state index is -0.113. The van der Waals surface area contributed by atoms with Crippen molar-refractivity contribution in [1.29, 1.82) is 0 Å². The van der Waals surface area contributed by atoms with Crippen LogP contribution in [0.2, 0.25) is 0 Å². The van der Waals surface area contributed by atoms with Crippen LogP contribution >= 0.6 is 0 Å². The highest BCUT2D eigenvalue weighted by Gasteiger charge is 2.27. The summed E-state index contributed by atoms with van der Waals surface area (Å²) in [6, 6.07) is -0.209. The van der Waals surface area contributed by atoms with Gasteiger partial charge in [-0.2, -0.15) is 0 Å². The van der Waals surface area contributed by atoms with Gasteiger partial charge in [-0.1, -0.05) is 0 Å². The highest BCUT2D eigenvalue weighted by Crippen LogP contribution is 1.99. The van der Waals surface area contributed by atoms with Crippen LogP contribution in [0.3, 0.4) is 0 Å². The second kappa shape index (κ2) is 2.77. The molecule has 0 unspecified atom stereocenters. The van der Waals surface area contributed by atoms with Gasteiger partial charge in [0.25, 0.3) is 0 Å². The van der Waals surface area contributed by atoms with E-state index >= 15 is 0 Å².